The van der Waals surface area contributed by atoms with Gasteiger partial charge < -0.3 is 5.21 Å². The van der Waals surface area contributed by atoms with E-state index in [1.807, 2.05) is 0 Å². The Kier molecular flexibility index (Phi) is 3.44. The molecular formula is C12H21NO. The molecular weight excluding hydrogens is 174 g/mol. The zero-order valence-electron chi connectivity index (χ0n) is 8.91. The highest BCUT2D eigenvalue weighted by atomic mass is 16.4. The van der Waals surface area contributed by atoms with Crippen molar-refractivity contribution in [3.63, 3.8) is 0 Å². The maximum absolute atomic E-state index is 8.68. The van der Waals surface area contributed by atoms with Gasteiger partial charge in [0.05, 0.1) is 5.71 Å². The van der Waals surface area contributed by atoms with E-state index in [0.717, 1.165) is 30.4 Å². The van der Waals surface area contributed by atoms with Crippen LogP contribution in [0.1, 0.15) is 57.8 Å². The summed E-state index contributed by atoms with van der Waals surface area (Å²) in [6.45, 7) is 0. The van der Waals surface area contributed by atoms with Crippen LogP contribution in [0, 0.1) is 11.8 Å². The van der Waals surface area contributed by atoms with Crippen LogP contribution < -0.4 is 0 Å². The maximum Gasteiger partial charge on any atom is 0.0571 e. The second-order valence-corrected chi connectivity index (χ2v) is 4.90. The standard InChI is InChI=1S/C12H21NO/c14-13-12-8-6-11(7-9-12)10-4-2-1-3-5-10/h10-11,14H,1-9H2. The van der Waals surface area contributed by atoms with Crippen molar-refractivity contribution in [2.24, 2.45) is 17.0 Å². The second-order valence-electron chi connectivity index (χ2n) is 4.90. The highest BCUT2D eigenvalue weighted by Gasteiger charge is 2.26. The van der Waals surface area contributed by atoms with Crippen molar-refractivity contribution < 1.29 is 5.21 Å². The topological polar surface area (TPSA) is 32.6 Å². The van der Waals surface area contributed by atoms with Gasteiger partial charge in [-0.3, -0.25) is 0 Å². The predicted molar refractivity (Wildman–Crippen MR) is 57.8 cm³/mol. The van der Waals surface area contributed by atoms with Crippen LogP contribution in [0.25, 0.3) is 0 Å². The number of rotatable bonds is 1. The number of hydrogen-bond donors (Lipinski definition) is 1. The van der Waals surface area contributed by atoms with Crippen LogP contribution >= 0.6 is 0 Å². The summed E-state index contributed by atoms with van der Waals surface area (Å²) in [5.41, 5.74) is 1.03. The van der Waals surface area contributed by atoms with Crippen LogP contribution in [0.3, 0.4) is 0 Å². The van der Waals surface area contributed by atoms with E-state index in [-0.39, 0.29) is 0 Å². The molecule has 2 saturated carbocycles. The van der Waals surface area contributed by atoms with Crippen molar-refractivity contribution in [1.29, 1.82) is 0 Å². The molecule has 0 aromatic heterocycles. The van der Waals surface area contributed by atoms with Gasteiger partial charge in [-0.2, -0.15) is 0 Å². The van der Waals surface area contributed by atoms with Crippen LogP contribution in [0.4, 0.5) is 0 Å². The van der Waals surface area contributed by atoms with E-state index in [1.165, 1.54) is 44.9 Å². The molecule has 2 rings (SSSR count). The molecule has 2 aliphatic carbocycles. The van der Waals surface area contributed by atoms with E-state index in [0.29, 0.717) is 0 Å². The Balaban J connectivity index is 1.82. The number of hydrogen-bond acceptors (Lipinski definition) is 2. The lowest BCUT2D eigenvalue weighted by Crippen LogP contribution is -2.23. The molecule has 2 heteroatoms. The summed E-state index contributed by atoms with van der Waals surface area (Å²) in [4.78, 5) is 0. The van der Waals surface area contributed by atoms with E-state index in [4.69, 9.17) is 5.21 Å². The molecule has 80 valence electrons. The zero-order valence-corrected chi connectivity index (χ0v) is 8.91. The first-order chi connectivity index (χ1) is 6.90. The molecule has 1 N–H and O–H groups in total. The van der Waals surface area contributed by atoms with Crippen LogP contribution in [-0.4, -0.2) is 10.9 Å². The molecule has 0 aliphatic heterocycles. The van der Waals surface area contributed by atoms with E-state index in [9.17, 15) is 0 Å². The Labute approximate surface area is 86.4 Å². The van der Waals surface area contributed by atoms with Crippen molar-refractivity contribution in [3.8, 4) is 0 Å². The van der Waals surface area contributed by atoms with E-state index in [2.05, 4.69) is 5.16 Å². The summed E-state index contributed by atoms with van der Waals surface area (Å²) in [6.07, 6.45) is 11.9. The van der Waals surface area contributed by atoms with Gasteiger partial charge in [-0.05, 0) is 37.5 Å². The lowest BCUT2D eigenvalue weighted by Gasteiger charge is -2.33. The molecule has 0 saturated heterocycles. The fraction of sp³-hybridized carbons (Fsp3) is 0.917. The molecule has 2 fully saturated rings. The average molecular weight is 195 g/mol. The second kappa shape index (κ2) is 4.81. The third kappa shape index (κ3) is 2.28. The first-order valence-corrected chi connectivity index (χ1v) is 6.10. The molecule has 0 aromatic carbocycles. The van der Waals surface area contributed by atoms with Gasteiger partial charge in [-0.1, -0.05) is 37.3 Å². The Bertz CT molecular complexity index is 196. The maximum atomic E-state index is 8.68. The fourth-order valence-corrected chi connectivity index (χ4v) is 3.15. The van der Waals surface area contributed by atoms with Crippen LogP contribution in [0.2, 0.25) is 0 Å². The molecule has 2 aliphatic rings. The third-order valence-electron chi connectivity index (χ3n) is 4.07. The highest BCUT2D eigenvalue weighted by molar-refractivity contribution is 5.84. The van der Waals surface area contributed by atoms with Crippen LogP contribution in [0.15, 0.2) is 5.16 Å². The highest BCUT2D eigenvalue weighted by Crippen LogP contribution is 2.37. The minimum atomic E-state index is 0.931. The monoisotopic (exact) mass is 195 g/mol. The van der Waals surface area contributed by atoms with Crippen molar-refractivity contribution in [3.05, 3.63) is 0 Å². The van der Waals surface area contributed by atoms with Gasteiger partial charge in [0.2, 0.25) is 0 Å². The molecule has 0 aromatic rings. The summed E-state index contributed by atoms with van der Waals surface area (Å²) in [5, 5.41) is 12.0. The van der Waals surface area contributed by atoms with Gasteiger partial charge in [0.1, 0.15) is 0 Å². The van der Waals surface area contributed by atoms with Crippen molar-refractivity contribution in [2.75, 3.05) is 0 Å². The van der Waals surface area contributed by atoms with Gasteiger partial charge >= 0.3 is 0 Å². The van der Waals surface area contributed by atoms with Crippen molar-refractivity contribution in [1.82, 2.24) is 0 Å². The predicted octanol–water partition coefficient (Wildman–Crippen LogP) is 3.59. The largest absolute Gasteiger partial charge is 0.411 e. The number of nitrogens with zero attached hydrogens (tertiary/aromatic N) is 1. The molecule has 0 spiro atoms. The first kappa shape index (κ1) is 10.0. The minimum absolute atomic E-state index is 0.931. The van der Waals surface area contributed by atoms with Gasteiger partial charge in [-0.25, -0.2) is 0 Å². The Morgan fingerprint density at radius 1 is 0.857 bits per heavy atom. The number of oxime groups is 1. The lowest BCUT2D eigenvalue weighted by molar-refractivity contribution is 0.218. The summed E-state index contributed by atoms with van der Waals surface area (Å²) in [5.74, 6) is 1.92. The van der Waals surface area contributed by atoms with Gasteiger partial charge in [-0.15, -0.1) is 0 Å². The molecule has 14 heavy (non-hydrogen) atoms. The van der Waals surface area contributed by atoms with Crippen molar-refractivity contribution in [2.45, 2.75) is 57.8 Å². The SMILES string of the molecule is ON=C1CCC(C2CCCCC2)CC1. The Morgan fingerprint density at radius 3 is 2.00 bits per heavy atom. The molecule has 0 bridgehead atoms. The minimum Gasteiger partial charge on any atom is -0.411 e. The van der Waals surface area contributed by atoms with Crippen LogP contribution in [0.5, 0.6) is 0 Å². The average Bonchev–Trinajstić information content (AvgIpc) is 2.30. The molecule has 0 unspecified atom stereocenters. The fourth-order valence-electron chi connectivity index (χ4n) is 3.15. The van der Waals surface area contributed by atoms with E-state index >= 15 is 0 Å². The summed E-state index contributed by atoms with van der Waals surface area (Å²) >= 11 is 0. The zero-order chi connectivity index (χ0) is 9.80. The molecule has 0 amide bonds. The van der Waals surface area contributed by atoms with Crippen molar-refractivity contribution >= 4 is 5.71 Å². The quantitative estimate of drug-likeness (QED) is 0.503. The molecule has 2 nitrogen and oxygen atoms in total. The summed E-state index contributed by atoms with van der Waals surface area (Å²) < 4.78 is 0. The Morgan fingerprint density at radius 2 is 1.43 bits per heavy atom. The van der Waals surface area contributed by atoms with Gasteiger partial charge in [0.25, 0.3) is 0 Å². The molecule has 0 atom stereocenters. The normalized spacial score (nSPS) is 30.3. The first-order valence-electron chi connectivity index (χ1n) is 6.10. The summed E-state index contributed by atoms with van der Waals surface area (Å²) in [6, 6.07) is 0. The van der Waals surface area contributed by atoms with E-state index < -0.39 is 0 Å². The summed E-state index contributed by atoms with van der Waals surface area (Å²) in [7, 11) is 0. The lowest BCUT2D eigenvalue weighted by atomic mass is 9.73. The molecule has 0 radical (unpaired) electrons. The van der Waals surface area contributed by atoms with Crippen LogP contribution in [-0.2, 0) is 0 Å². The molecule has 0 heterocycles. The Hall–Kier alpha value is -0.530. The van der Waals surface area contributed by atoms with E-state index in [1.54, 1.807) is 0 Å². The van der Waals surface area contributed by atoms with Gasteiger partial charge in [0.15, 0.2) is 0 Å². The third-order valence-corrected chi connectivity index (χ3v) is 4.07. The van der Waals surface area contributed by atoms with Gasteiger partial charge in [0, 0.05) is 0 Å². The smallest absolute Gasteiger partial charge is 0.0571 e.